The number of aliphatic hydroxyl groups excluding tert-OH is 4. The molecule has 1 heterocycles. The second-order valence-electron chi connectivity index (χ2n) is 9.76. The monoisotopic (exact) mass is 553 g/mol. The highest BCUT2D eigenvalue weighted by molar-refractivity contribution is 5.89. The van der Waals surface area contributed by atoms with Crippen LogP contribution >= 0.6 is 0 Å². The number of benzene rings is 3. The Labute approximate surface area is 231 Å². The molecule has 0 saturated carbocycles. The summed E-state index contributed by atoms with van der Waals surface area (Å²) >= 11 is 0. The van der Waals surface area contributed by atoms with Crippen molar-refractivity contribution in [1.29, 1.82) is 0 Å². The summed E-state index contributed by atoms with van der Waals surface area (Å²) < 4.78 is 11.3. The summed E-state index contributed by atoms with van der Waals surface area (Å²) in [6.07, 6.45) is -6.83. The van der Waals surface area contributed by atoms with Gasteiger partial charge in [0.1, 0.15) is 35.9 Å². The van der Waals surface area contributed by atoms with E-state index in [-0.39, 0.29) is 17.5 Å². The van der Waals surface area contributed by atoms with Crippen LogP contribution in [0.5, 0.6) is 11.5 Å². The largest absolute Gasteiger partial charge is 0.508 e. The quantitative estimate of drug-likeness (QED) is 0.193. The van der Waals surface area contributed by atoms with Crippen LogP contribution in [-0.2, 0) is 24.2 Å². The van der Waals surface area contributed by atoms with E-state index in [1.165, 1.54) is 6.07 Å². The Hall–Kier alpha value is -3.71. The molecule has 3 aromatic rings. The fourth-order valence-electron chi connectivity index (χ4n) is 4.52. The number of ether oxygens (including phenoxy) is 2. The van der Waals surface area contributed by atoms with Crippen molar-refractivity contribution in [3.05, 3.63) is 88.5 Å². The van der Waals surface area contributed by atoms with E-state index in [4.69, 9.17) is 15.2 Å². The van der Waals surface area contributed by atoms with Crippen molar-refractivity contribution in [2.75, 3.05) is 11.9 Å². The highest BCUT2D eigenvalue weighted by atomic mass is 16.7. The van der Waals surface area contributed by atoms with Crippen molar-refractivity contribution in [1.82, 2.24) is 5.32 Å². The van der Waals surface area contributed by atoms with Crippen molar-refractivity contribution < 1.29 is 39.8 Å². The Morgan fingerprint density at radius 1 is 0.975 bits per heavy atom. The number of rotatable bonds is 9. The van der Waals surface area contributed by atoms with Gasteiger partial charge in [0, 0.05) is 36.8 Å². The standard InChI is InChI=1S/C29H35N3O8/c1-16-9-21(34)12-23(39-28-27(37)26(36)25(35)24(15-33)40-28)22(16)11-17-5-7-20(8-6-17)32-29(38)31-14-19-4-2-3-18(10-19)13-30/h2-10,12,24-28,33-37H,11,13-15,30H2,1H3,(H2,31,32,38)/t24-,25-,26+,27-,28-/m1/s1. The van der Waals surface area contributed by atoms with Gasteiger partial charge in [0.15, 0.2) is 0 Å². The molecule has 0 radical (unpaired) electrons. The highest BCUT2D eigenvalue weighted by Crippen LogP contribution is 2.33. The van der Waals surface area contributed by atoms with Crippen LogP contribution in [0.2, 0.25) is 0 Å². The van der Waals surface area contributed by atoms with E-state index in [2.05, 4.69) is 10.6 Å². The molecule has 2 amide bonds. The first kappa shape index (κ1) is 29.3. The Morgan fingerprint density at radius 2 is 1.70 bits per heavy atom. The lowest BCUT2D eigenvalue weighted by Gasteiger charge is -2.39. The van der Waals surface area contributed by atoms with Crippen LogP contribution in [-0.4, -0.2) is 68.9 Å². The number of phenolic OH excluding ortho intramolecular Hbond substituents is 1. The molecule has 5 atom stereocenters. The molecule has 9 N–H and O–H groups in total. The molecule has 1 fully saturated rings. The van der Waals surface area contributed by atoms with Crippen molar-refractivity contribution >= 4 is 11.7 Å². The minimum absolute atomic E-state index is 0.0684. The fraction of sp³-hybridized carbons (Fsp3) is 0.345. The van der Waals surface area contributed by atoms with Gasteiger partial charge in [-0.2, -0.15) is 0 Å². The van der Waals surface area contributed by atoms with Crippen molar-refractivity contribution in [3.63, 3.8) is 0 Å². The van der Waals surface area contributed by atoms with Crippen LogP contribution in [0.25, 0.3) is 0 Å². The molecular formula is C29H35N3O8. The van der Waals surface area contributed by atoms with Gasteiger partial charge < -0.3 is 51.4 Å². The summed E-state index contributed by atoms with van der Waals surface area (Å²) in [7, 11) is 0. The third-order valence-corrected chi connectivity index (χ3v) is 6.78. The zero-order valence-electron chi connectivity index (χ0n) is 22.0. The second kappa shape index (κ2) is 13.1. The first-order chi connectivity index (χ1) is 19.2. The number of hydrogen-bond acceptors (Lipinski definition) is 9. The molecule has 0 bridgehead atoms. The van der Waals surface area contributed by atoms with E-state index in [0.717, 1.165) is 16.7 Å². The highest BCUT2D eigenvalue weighted by Gasteiger charge is 2.45. The van der Waals surface area contributed by atoms with Gasteiger partial charge in [-0.1, -0.05) is 36.4 Å². The minimum Gasteiger partial charge on any atom is -0.508 e. The minimum atomic E-state index is -1.59. The molecule has 0 aliphatic carbocycles. The summed E-state index contributed by atoms with van der Waals surface area (Å²) in [4.78, 5) is 12.4. The fourth-order valence-corrected chi connectivity index (χ4v) is 4.52. The van der Waals surface area contributed by atoms with Gasteiger partial charge in [0.2, 0.25) is 6.29 Å². The van der Waals surface area contributed by atoms with Crippen molar-refractivity contribution in [2.45, 2.75) is 57.1 Å². The topological polar surface area (TPSA) is 187 Å². The zero-order chi connectivity index (χ0) is 28.8. The molecule has 11 heteroatoms. The lowest BCUT2D eigenvalue weighted by molar-refractivity contribution is -0.277. The number of phenols is 1. The Balaban J connectivity index is 1.41. The number of hydrogen-bond donors (Lipinski definition) is 8. The van der Waals surface area contributed by atoms with Gasteiger partial charge in [0.05, 0.1) is 6.61 Å². The number of aromatic hydroxyl groups is 1. The Kier molecular flexibility index (Phi) is 9.58. The number of amides is 2. The van der Waals surface area contributed by atoms with Crippen molar-refractivity contribution in [3.8, 4) is 11.5 Å². The van der Waals surface area contributed by atoms with Gasteiger partial charge >= 0.3 is 6.03 Å². The lowest BCUT2D eigenvalue weighted by Crippen LogP contribution is -2.60. The average Bonchev–Trinajstić information content (AvgIpc) is 2.95. The second-order valence-corrected chi connectivity index (χ2v) is 9.76. The third-order valence-electron chi connectivity index (χ3n) is 6.78. The van der Waals surface area contributed by atoms with E-state index in [9.17, 15) is 30.3 Å². The summed E-state index contributed by atoms with van der Waals surface area (Å²) in [5, 5.41) is 55.8. The van der Waals surface area contributed by atoms with Crippen molar-refractivity contribution in [2.24, 2.45) is 5.73 Å². The number of nitrogens with one attached hydrogen (secondary N) is 2. The first-order valence-corrected chi connectivity index (χ1v) is 12.9. The third kappa shape index (κ3) is 7.07. The molecule has 4 rings (SSSR count). The van der Waals surface area contributed by atoms with E-state index >= 15 is 0 Å². The predicted molar refractivity (Wildman–Crippen MR) is 147 cm³/mol. The maximum absolute atomic E-state index is 12.4. The molecule has 3 aromatic carbocycles. The smallest absolute Gasteiger partial charge is 0.319 e. The molecule has 0 spiro atoms. The summed E-state index contributed by atoms with van der Waals surface area (Å²) in [6.45, 7) is 1.99. The van der Waals surface area contributed by atoms with E-state index in [1.54, 1.807) is 25.1 Å². The zero-order valence-corrected chi connectivity index (χ0v) is 22.0. The van der Waals surface area contributed by atoms with Crippen LogP contribution in [0.1, 0.15) is 27.8 Å². The molecular weight excluding hydrogens is 518 g/mol. The van der Waals surface area contributed by atoms with Gasteiger partial charge in [-0.05, 0) is 47.4 Å². The van der Waals surface area contributed by atoms with Crippen LogP contribution < -0.4 is 21.1 Å². The lowest BCUT2D eigenvalue weighted by atomic mass is 9.98. The number of nitrogens with two attached hydrogens (primary N) is 1. The summed E-state index contributed by atoms with van der Waals surface area (Å²) in [6, 6.07) is 17.5. The molecule has 1 aliphatic heterocycles. The Bertz CT molecular complexity index is 1300. The number of urea groups is 1. The van der Waals surface area contributed by atoms with Crippen LogP contribution in [0.15, 0.2) is 60.7 Å². The van der Waals surface area contributed by atoms with Crippen LogP contribution in [0, 0.1) is 6.92 Å². The summed E-state index contributed by atoms with van der Waals surface area (Å²) in [5.41, 5.74) is 10.5. The summed E-state index contributed by atoms with van der Waals surface area (Å²) in [5.74, 6) is 0.142. The maximum Gasteiger partial charge on any atom is 0.319 e. The van der Waals surface area contributed by atoms with Crippen LogP contribution in [0.3, 0.4) is 0 Å². The van der Waals surface area contributed by atoms with E-state index < -0.39 is 37.3 Å². The van der Waals surface area contributed by atoms with Gasteiger partial charge in [0.25, 0.3) is 0 Å². The Morgan fingerprint density at radius 3 is 2.40 bits per heavy atom. The maximum atomic E-state index is 12.4. The average molecular weight is 554 g/mol. The molecule has 214 valence electrons. The van der Waals surface area contributed by atoms with Gasteiger partial charge in [-0.3, -0.25) is 0 Å². The van der Waals surface area contributed by atoms with E-state index in [0.29, 0.717) is 36.3 Å². The SMILES string of the molecule is Cc1cc(O)cc(O[C@@H]2O[C@H](CO)[C@@H](O)[C@H](O)[C@H]2O)c1Cc1ccc(NC(=O)NCc2cccc(CN)c2)cc1. The molecule has 40 heavy (non-hydrogen) atoms. The molecule has 1 aliphatic rings. The number of carbonyl (C=O) groups is 1. The van der Waals surface area contributed by atoms with Crippen LogP contribution in [0.4, 0.5) is 10.5 Å². The van der Waals surface area contributed by atoms with E-state index in [1.807, 2.05) is 36.4 Å². The molecule has 0 unspecified atom stereocenters. The first-order valence-electron chi connectivity index (χ1n) is 12.9. The van der Waals surface area contributed by atoms with Gasteiger partial charge in [-0.15, -0.1) is 0 Å². The molecule has 0 aromatic heterocycles. The van der Waals surface area contributed by atoms with Gasteiger partial charge in [-0.25, -0.2) is 4.79 Å². The molecule has 11 nitrogen and oxygen atoms in total. The number of carbonyl (C=O) groups excluding carboxylic acids is 1. The molecule has 1 saturated heterocycles. The normalized spacial score (nSPS) is 22.5. The number of anilines is 1. The number of aliphatic hydroxyl groups is 4. The predicted octanol–water partition coefficient (Wildman–Crippen LogP) is 1.25. The number of aryl methyl sites for hydroxylation is 1.